The summed E-state index contributed by atoms with van der Waals surface area (Å²) < 4.78 is 122. The fourth-order valence-corrected chi connectivity index (χ4v) is 5.93. The molecule has 0 saturated carbocycles. The van der Waals surface area contributed by atoms with E-state index in [4.69, 9.17) is 0 Å². The molecule has 1 saturated heterocycles. The van der Waals surface area contributed by atoms with Crippen molar-refractivity contribution in [1.29, 1.82) is 0 Å². The van der Waals surface area contributed by atoms with Crippen LogP contribution >= 0.6 is 0 Å². The zero-order valence-electron chi connectivity index (χ0n) is 24.4. The van der Waals surface area contributed by atoms with Gasteiger partial charge in [-0.25, -0.2) is 0 Å². The largest absolute Gasteiger partial charge is 0.481 e. The van der Waals surface area contributed by atoms with Crippen molar-refractivity contribution in [3.63, 3.8) is 0 Å². The second kappa shape index (κ2) is 13.1. The molecule has 12 heteroatoms. The summed E-state index contributed by atoms with van der Waals surface area (Å²) in [5.74, 6) is -2.26. The van der Waals surface area contributed by atoms with Crippen molar-refractivity contribution in [3.8, 4) is 11.1 Å². The highest BCUT2D eigenvalue weighted by Crippen LogP contribution is 2.44. The van der Waals surface area contributed by atoms with Crippen molar-refractivity contribution in [2.24, 2.45) is 5.92 Å². The van der Waals surface area contributed by atoms with Crippen LogP contribution < -0.4 is 0 Å². The third-order valence-electron chi connectivity index (χ3n) is 8.10. The monoisotopic (exact) mass is 645 g/mol. The third kappa shape index (κ3) is 8.39. The first-order valence-electron chi connectivity index (χ1n) is 14.4. The minimum absolute atomic E-state index is 0.0651. The minimum Gasteiger partial charge on any atom is -0.481 e. The molecule has 1 fully saturated rings. The Labute approximate surface area is 254 Å². The molecule has 3 atom stereocenters. The van der Waals surface area contributed by atoms with Crippen LogP contribution in [0.4, 0.5) is 39.5 Å². The number of likely N-dealkylation sites (tertiary alicyclic amines) is 1. The molecule has 0 aliphatic carbocycles. The van der Waals surface area contributed by atoms with Crippen molar-refractivity contribution in [2.75, 3.05) is 0 Å². The van der Waals surface area contributed by atoms with Gasteiger partial charge >= 0.3 is 24.5 Å². The number of carboxylic acids is 1. The van der Waals surface area contributed by atoms with Crippen molar-refractivity contribution in [2.45, 2.75) is 82.6 Å². The topological polar surface area (TPSA) is 40.5 Å². The summed E-state index contributed by atoms with van der Waals surface area (Å²) >= 11 is 0. The Morgan fingerprint density at radius 1 is 0.800 bits per heavy atom. The Kier molecular flexibility index (Phi) is 9.96. The quantitative estimate of drug-likeness (QED) is 0.248. The molecule has 1 aliphatic rings. The minimum atomic E-state index is -4.67. The highest BCUT2D eigenvalue weighted by molar-refractivity contribution is 5.78. The van der Waals surface area contributed by atoms with E-state index >= 15 is 0 Å². The molecule has 1 aliphatic heterocycles. The smallest absolute Gasteiger partial charge is 0.416 e. The maximum Gasteiger partial charge on any atom is 0.416 e. The van der Waals surface area contributed by atoms with Crippen LogP contribution in [0.5, 0.6) is 0 Å². The molecule has 3 aromatic carbocycles. The first-order chi connectivity index (χ1) is 20.8. The molecule has 3 unspecified atom stereocenters. The lowest BCUT2D eigenvalue weighted by atomic mass is 9.83. The van der Waals surface area contributed by atoms with Gasteiger partial charge in [-0.05, 0) is 89.8 Å². The van der Waals surface area contributed by atoms with E-state index in [0.717, 1.165) is 36.4 Å². The number of halogens is 9. The average molecular weight is 646 g/mol. The molecular formula is C33H32F9NO2. The van der Waals surface area contributed by atoms with Crippen LogP contribution in [0.25, 0.3) is 11.1 Å². The van der Waals surface area contributed by atoms with Crippen molar-refractivity contribution in [3.05, 3.63) is 94.5 Å². The van der Waals surface area contributed by atoms with Crippen LogP contribution in [0, 0.1) is 5.92 Å². The normalized spacial score (nSPS) is 19.1. The molecule has 0 aromatic heterocycles. The Bertz CT molecular complexity index is 1460. The van der Waals surface area contributed by atoms with Gasteiger partial charge in [-0.15, -0.1) is 0 Å². The fourth-order valence-electron chi connectivity index (χ4n) is 5.93. The van der Waals surface area contributed by atoms with E-state index in [1.165, 1.54) is 29.2 Å². The lowest BCUT2D eigenvalue weighted by Crippen LogP contribution is -2.49. The zero-order chi connectivity index (χ0) is 33.3. The van der Waals surface area contributed by atoms with E-state index in [2.05, 4.69) is 0 Å². The first-order valence-corrected chi connectivity index (χ1v) is 14.4. The molecule has 1 N–H and O–H groups in total. The van der Waals surface area contributed by atoms with Gasteiger partial charge in [0.1, 0.15) is 6.04 Å². The van der Waals surface area contributed by atoms with Gasteiger partial charge in [0.2, 0.25) is 0 Å². The van der Waals surface area contributed by atoms with Crippen molar-refractivity contribution in [1.82, 2.24) is 4.90 Å². The predicted molar refractivity (Wildman–Crippen MR) is 150 cm³/mol. The Morgan fingerprint density at radius 3 is 1.84 bits per heavy atom. The SMILES string of the molecule is CC(C)CC(C(=O)O)c1cc(-c2ccc(C(F)(F)F)cc2)cc(C2CCCC(C(F)(F)F)N2Cc2ccc(C(F)(F)F)cc2)c1. The second-order valence-electron chi connectivity index (χ2n) is 11.9. The van der Waals surface area contributed by atoms with E-state index < -0.39 is 53.6 Å². The van der Waals surface area contributed by atoms with Gasteiger partial charge in [-0.3, -0.25) is 9.69 Å². The van der Waals surface area contributed by atoms with Gasteiger partial charge in [0.05, 0.1) is 17.0 Å². The highest BCUT2D eigenvalue weighted by atomic mass is 19.4. The average Bonchev–Trinajstić information content (AvgIpc) is 2.94. The molecule has 0 amide bonds. The number of hydrogen-bond acceptors (Lipinski definition) is 2. The molecule has 4 rings (SSSR count). The van der Waals surface area contributed by atoms with Crippen LogP contribution in [0.15, 0.2) is 66.7 Å². The predicted octanol–water partition coefficient (Wildman–Crippen LogP) is 10.3. The molecule has 0 spiro atoms. The summed E-state index contributed by atoms with van der Waals surface area (Å²) in [7, 11) is 0. The van der Waals surface area contributed by atoms with Crippen LogP contribution in [-0.4, -0.2) is 28.2 Å². The van der Waals surface area contributed by atoms with Crippen LogP contribution in [-0.2, 0) is 23.7 Å². The summed E-state index contributed by atoms with van der Waals surface area (Å²) in [5.41, 5.74) is -0.300. The molecule has 45 heavy (non-hydrogen) atoms. The number of piperidine rings is 1. The van der Waals surface area contributed by atoms with Gasteiger partial charge in [-0.2, -0.15) is 39.5 Å². The Hall–Kier alpha value is -3.54. The molecular weight excluding hydrogens is 613 g/mol. The van der Waals surface area contributed by atoms with Crippen LogP contribution in [0.2, 0.25) is 0 Å². The number of carboxylic acid groups (broad SMARTS) is 1. The van der Waals surface area contributed by atoms with Gasteiger partial charge in [0.25, 0.3) is 0 Å². The van der Waals surface area contributed by atoms with Crippen molar-refractivity contribution < 1.29 is 49.4 Å². The zero-order valence-corrected chi connectivity index (χ0v) is 24.4. The molecule has 3 nitrogen and oxygen atoms in total. The third-order valence-corrected chi connectivity index (χ3v) is 8.10. The van der Waals surface area contributed by atoms with E-state index in [1.807, 2.05) is 13.8 Å². The van der Waals surface area contributed by atoms with Gasteiger partial charge in [0.15, 0.2) is 0 Å². The summed E-state index contributed by atoms with van der Waals surface area (Å²) in [6.45, 7) is 3.30. The maximum atomic E-state index is 14.4. The summed E-state index contributed by atoms with van der Waals surface area (Å²) in [6, 6.07) is 9.89. The number of alkyl halides is 9. The van der Waals surface area contributed by atoms with Gasteiger partial charge in [-0.1, -0.05) is 50.2 Å². The first kappa shape index (κ1) is 34.3. The number of nitrogens with zero attached hydrogens (tertiary/aromatic N) is 1. The van der Waals surface area contributed by atoms with Crippen molar-refractivity contribution >= 4 is 5.97 Å². The second-order valence-corrected chi connectivity index (χ2v) is 11.9. The van der Waals surface area contributed by atoms with E-state index in [0.29, 0.717) is 22.3 Å². The van der Waals surface area contributed by atoms with Crippen LogP contribution in [0.1, 0.15) is 79.3 Å². The Balaban J connectivity index is 1.84. The Morgan fingerprint density at radius 2 is 1.36 bits per heavy atom. The fraction of sp³-hybridized carbons (Fsp3) is 0.424. The number of aliphatic carboxylic acids is 1. The highest BCUT2D eigenvalue weighted by Gasteiger charge is 2.48. The maximum absolute atomic E-state index is 14.4. The number of rotatable bonds is 8. The summed E-state index contributed by atoms with van der Waals surface area (Å²) in [5, 5.41) is 10.1. The molecule has 0 radical (unpaired) electrons. The molecule has 244 valence electrons. The summed E-state index contributed by atoms with van der Waals surface area (Å²) in [6.07, 6.45) is -13.5. The standard InChI is InChI=1S/C33H32F9NO2/c1-19(2)14-27(30(44)45)23-15-22(21-8-12-26(13-9-21)32(37,38)39)16-24(17-23)28-4-3-5-29(33(40,41)42)43(28)18-20-6-10-25(11-7-20)31(34,35)36/h6-13,15-17,19,27-29H,3-5,14,18H2,1-2H3,(H,44,45). The van der Waals surface area contributed by atoms with E-state index in [-0.39, 0.29) is 43.7 Å². The van der Waals surface area contributed by atoms with Gasteiger partial charge in [0, 0.05) is 12.6 Å². The van der Waals surface area contributed by atoms with E-state index in [9.17, 15) is 49.4 Å². The van der Waals surface area contributed by atoms with Crippen LogP contribution in [0.3, 0.4) is 0 Å². The molecule has 3 aromatic rings. The molecule has 0 bridgehead atoms. The van der Waals surface area contributed by atoms with E-state index in [1.54, 1.807) is 6.07 Å². The number of hydrogen-bond donors (Lipinski definition) is 1. The number of carbonyl (C=O) groups is 1. The molecule has 1 heterocycles. The van der Waals surface area contributed by atoms with Gasteiger partial charge < -0.3 is 5.11 Å². The number of benzene rings is 3. The lowest BCUT2D eigenvalue weighted by molar-refractivity contribution is -0.201. The summed E-state index contributed by atoms with van der Waals surface area (Å²) in [4.78, 5) is 13.5. The lowest BCUT2D eigenvalue weighted by Gasteiger charge is -2.43.